The van der Waals surface area contributed by atoms with Gasteiger partial charge in [-0.2, -0.15) is 4.98 Å². The lowest BCUT2D eigenvalue weighted by molar-refractivity contribution is -0.149. The lowest BCUT2D eigenvalue weighted by atomic mass is 10.1. The number of fused-ring (bicyclic) bond motifs is 1. The van der Waals surface area contributed by atoms with E-state index in [9.17, 15) is 14.7 Å². The number of imidazole rings is 1. The average molecular weight is 605 g/mol. The number of nitrogens with two attached hydrogens (primary N) is 1. The Balaban J connectivity index is 1.56. The van der Waals surface area contributed by atoms with Crippen LogP contribution in [0.5, 0.6) is 5.75 Å². The van der Waals surface area contributed by atoms with E-state index in [2.05, 4.69) is 20.0 Å². The second-order valence-corrected chi connectivity index (χ2v) is 12.7. The van der Waals surface area contributed by atoms with Crippen LogP contribution in [0.1, 0.15) is 27.0 Å². The third-order valence-corrected chi connectivity index (χ3v) is 8.43. The van der Waals surface area contributed by atoms with Gasteiger partial charge in [-0.25, -0.2) is 14.5 Å². The first kappa shape index (κ1) is 29.3. The van der Waals surface area contributed by atoms with E-state index in [1.54, 1.807) is 44.2 Å². The van der Waals surface area contributed by atoms with Gasteiger partial charge < -0.3 is 29.4 Å². The molecule has 2 aromatic heterocycles. The topological polar surface area (TPSA) is 176 Å². The third kappa shape index (κ3) is 6.40. The van der Waals surface area contributed by atoms with Crippen molar-refractivity contribution in [1.82, 2.24) is 24.6 Å². The molecule has 212 valence electrons. The number of aromatic amines is 1. The lowest BCUT2D eigenvalue weighted by Crippen LogP contribution is -2.40. The van der Waals surface area contributed by atoms with E-state index >= 15 is 4.39 Å². The number of aliphatic hydroxyl groups is 1. The van der Waals surface area contributed by atoms with Gasteiger partial charge >= 0.3 is 12.6 Å². The molecule has 0 unspecified atom stereocenters. The molecule has 0 bridgehead atoms. The Bertz CT molecular complexity index is 1440. The predicted octanol–water partition coefficient (Wildman–Crippen LogP) is 2.11. The number of para-hydroxylation sites is 1. The quantitative estimate of drug-likeness (QED) is 0.151. The number of carbonyl (C=O) groups excluding carboxylic acids is 1. The van der Waals surface area contributed by atoms with Crippen LogP contribution in [0.4, 0.5) is 10.3 Å². The Kier molecular flexibility index (Phi) is 8.61. The van der Waals surface area contributed by atoms with E-state index in [4.69, 9.17) is 47.7 Å². The summed E-state index contributed by atoms with van der Waals surface area (Å²) in [5.41, 5.74) is 4.73. The zero-order valence-electron chi connectivity index (χ0n) is 21.0. The van der Waals surface area contributed by atoms with Gasteiger partial charge in [0.2, 0.25) is 5.95 Å². The molecule has 0 radical (unpaired) electrons. The Hall–Kier alpha value is -2.65. The zero-order chi connectivity index (χ0) is 28.5. The van der Waals surface area contributed by atoms with Crippen molar-refractivity contribution < 1.29 is 32.8 Å². The van der Waals surface area contributed by atoms with E-state index in [1.165, 1.54) is 6.92 Å². The van der Waals surface area contributed by atoms with E-state index in [-0.39, 0.29) is 23.2 Å². The highest BCUT2D eigenvalue weighted by Gasteiger charge is 2.58. The van der Waals surface area contributed by atoms with Gasteiger partial charge in [0.25, 0.3) is 10.7 Å². The second kappa shape index (κ2) is 11.5. The minimum atomic E-state index is -3.52. The molecule has 0 amide bonds. The molecular weight excluding hydrogens is 578 g/mol. The molecule has 0 spiro atoms. The van der Waals surface area contributed by atoms with Crippen LogP contribution >= 0.6 is 18.2 Å². The Morgan fingerprint density at radius 1 is 1.41 bits per heavy atom. The minimum absolute atomic E-state index is 0.102. The maximum absolute atomic E-state index is 15.6. The average Bonchev–Trinajstić information content (AvgIpc) is 3.36. The van der Waals surface area contributed by atoms with Gasteiger partial charge in [0.05, 0.1) is 19.0 Å². The smallest absolute Gasteiger partial charge is 0.323 e. The molecule has 3 heterocycles. The summed E-state index contributed by atoms with van der Waals surface area (Å²) in [4.78, 5) is 34.7. The molecule has 1 aliphatic heterocycles. The summed E-state index contributed by atoms with van der Waals surface area (Å²) >= 11 is 11.7. The molecule has 1 aliphatic rings. The molecule has 5 N–H and O–H groups in total. The minimum Gasteiger partial charge on any atom is -0.462 e. The highest BCUT2D eigenvalue weighted by Crippen LogP contribution is 2.49. The molecule has 0 aliphatic carbocycles. The van der Waals surface area contributed by atoms with Crippen LogP contribution < -0.4 is 20.9 Å². The molecule has 1 saturated heterocycles. The molecular formula is C22H27ClFN6O7PS. The largest absolute Gasteiger partial charge is 0.462 e. The number of hydrogen-bond donors (Lipinski definition) is 4. The summed E-state index contributed by atoms with van der Waals surface area (Å²) < 4.78 is 39.4. The number of rotatable bonds is 10. The first-order valence-electron chi connectivity index (χ1n) is 11.7. The Labute approximate surface area is 232 Å². The van der Waals surface area contributed by atoms with E-state index in [1.807, 2.05) is 0 Å². The van der Waals surface area contributed by atoms with Crippen molar-refractivity contribution in [2.75, 3.05) is 12.3 Å². The number of benzene rings is 1. The lowest BCUT2D eigenvalue weighted by Gasteiger charge is -2.28. The number of hydrogen-bond acceptors (Lipinski definition) is 11. The van der Waals surface area contributed by atoms with E-state index in [0.29, 0.717) is 5.75 Å². The fraction of sp³-hybridized carbons (Fsp3) is 0.455. The first-order valence-corrected chi connectivity index (χ1v) is 14.7. The van der Waals surface area contributed by atoms with Crippen LogP contribution in [0.25, 0.3) is 11.2 Å². The van der Waals surface area contributed by atoms with Crippen LogP contribution in [-0.4, -0.2) is 66.7 Å². The first-order chi connectivity index (χ1) is 18.3. The number of anilines is 1. The summed E-state index contributed by atoms with van der Waals surface area (Å²) in [6, 6.07) is 7.54. The molecule has 17 heteroatoms. The van der Waals surface area contributed by atoms with Crippen molar-refractivity contribution in [2.45, 2.75) is 56.5 Å². The van der Waals surface area contributed by atoms with E-state index < -0.39 is 54.4 Å². The fourth-order valence-electron chi connectivity index (χ4n) is 3.73. The maximum atomic E-state index is 15.6. The molecule has 13 nitrogen and oxygen atoms in total. The Morgan fingerprint density at radius 2 is 2.10 bits per heavy atom. The zero-order valence-corrected chi connectivity index (χ0v) is 23.5. The predicted molar refractivity (Wildman–Crippen MR) is 143 cm³/mol. The van der Waals surface area contributed by atoms with Gasteiger partial charge in [-0.3, -0.25) is 19.1 Å². The van der Waals surface area contributed by atoms with Crippen molar-refractivity contribution in [3.8, 4) is 5.75 Å². The SMILES string of the molecule is CC(C)OC(=O)[C@@H](C)N[P@@](=S)(OC[C@H]1O[C@@H](n2cnc3c(=O)[nH]c(N)nc32)[C@@](F)(Cl)[C@@H]1O)Oc1ccccc1. The van der Waals surface area contributed by atoms with Crippen molar-refractivity contribution in [3.63, 3.8) is 0 Å². The van der Waals surface area contributed by atoms with Gasteiger partial charge in [-0.15, -0.1) is 0 Å². The monoisotopic (exact) mass is 604 g/mol. The number of nitrogens with one attached hydrogen (secondary N) is 2. The van der Waals surface area contributed by atoms with Gasteiger partial charge in [-0.05, 0) is 44.7 Å². The van der Waals surface area contributed by atoms with Crippen LogP contribution in [0.3, 0.4) is 0 Å². The number of nitrogen functional groups attached to an aromatic ring is 1. The second-order valence-electron chi connectivity index (χ2n) is 8.96. The normalized spacial score (nSPS) is 25.5. The summed E-state index contributed by atoms with van der Waals surface area (Å²) in [7, 11) is 0. The Morgan fingerprint density at radius 3 is 2.77 bits per heavy atom. The third-order valence-electron chi connectivity index (χ3n) is 5.52. The number of aliphatic hydroxyl groups excluding tert-OH is 1. The summed E-state index contributed by atoms with van der Waals surface area (Å²) in [6.07, 6.45) is -4.20. The number of H-pyrrole nitrogens is 1. The maximum Gasteiger partial charge on any atom is 0.323 e. The number of ether oxygens (including phenoxy) is 2. The summed E-state index contributed by atoms with van der Waals surface area (Å²) in [5, 5.41) is 10.7. The summed E-state index contributed by atoms with van der Waals surface area (Å²) in [6.45, 7) is 0.925. The molecule has 4 rings (SSSR count). The molecule has 1 aromatic carbocycles. The van der Waals surface area contributed by atoms with Gasteiger partial charge in [-0.1, -0.05) is 29.8 Å². The number of aromatic nitrogens is 4. The molecule has 39 heavy (non-hydrogen) atoms. The molecule has 1 fully saturated rings. The summed E-state index contributed by atoms with van der Waals surface area (Å²) in [5.74, 6) is -0.477. The fourth-order valence-corrected chi connectivity index (χ4v) is 6.44. The number of alkyl halides is 2. The van der Waals surface area contributed by atoms with Gasteiger partial charge in [0, 0.05) is 0 Å². The molecule has 3 aromatic rings. The molecule has 0 saturated carbocycles. The molecule has 6 atom stereocenters. The highest BCUT2D eigenvalue weighted by atomic mass is 35.5. The van der Waals surface area contributed by atoms with Gasteiger partial charge in [0.1, 0.15) is 24.0 Å². The van der Waals surface area contributed by atoms with Crippen LogP contribution in [0, 0.1) is 0 Å². The number of nitrogens with zero attached hydrogens (tertiary/aromatic N) is 3. The van der Waals surface area contributed by atoms with Crippen molar-refractivity contribution in [2.24, 2.45) is 0 Å². The highest BCUT2D eigenvalue weighted by molar-refractivity contribution is 8.09. The van der Waals surface area contributed by atoms with Crippen molar-refractivity contribution in [3.05, 3.63) is 47.0 Å². The standard InChI is InChI=1S/C22H27ClFN6O7PS/c1-11(2)35-19(33)12(3)29-38(39,37-13-7-5-4-6-8-13)34-9-14-16(31)22(23,24)20(36-14)30-10-26-15-17(30)27-21(25)28-18(15)32/h4-8,10-12,14,16,20,31H,9H2,1-3H3,(H,29,39)(H3,25,27,28,32)/t12-,14-,16-,20-,22-,38-/m1/s1. The number of esters is 1. The van der Waals surface area contributed by atoms with E-state index in [0.717, 1.165) is 10.9 Å². The van der Waals surface area contributed by atoms with Crippen molar-refractivity contribution >= 4 is 53.1 Å². The number of halogens is 2. The van der Waals surface area contributed by atoms with Gasteiger partial charge in [0.15, 0.2) is 17.4 Å². The van der Waals surface area contributed by atoms with Crippen LogP contribution in [0.15, 0.2) is 41.5 Å². The number of carbonyl (C=O) groups is 1. The van der Waals surface area contributed by atoms with Crippen LogP contribution in [-0.2, 0) is 30.6 Å². The van der Waals surface area contributed by atoms with Crippen LogP contribution in [0.2, 0.25) is 0 Å². The van der Waals surface area contributed by atoms with Crippen molar-refractivity contribution in [1.29, 1.82) is 0 Å².